The molecule has 0 radical (unpaired) electrons. The first-order valence-corrected chi connectivity index (χ1v) is 7.06. The minimum Gasteiger partial charge on any atom is -0.494 e. The lowest BCUT2D eigenvalue weighted by molar-refractivity contribution is 0.102. The van der Waals surface area contributed by atoms with Crippen molar-refractivity contribution >= 4 is 34.2 Å². The molecule has 98 valence electrons. The highest BCUT2D eigenvalue weighted by Gasteiger charge is 2.06. The van der Waals surface area contributed by atoms with Crippen molar-refractivity contribution in [1.82, 2.24) is 0 Å². The summed E-state index contributed by atoms with van der Waals surface area (Å²) in [6.45, 7) is 2.55. The minimum atomic E-state index is -0.120. The van der Waals surface area contributed by atoms with E-state index in [1.54, 1.807) is 24.3 Å². The molecule has 2 aromatic rings. The molecule has 1 N–H and O–H groups in total. The number of ether oxygens (including phenoxy) is 1. The molecular weight excluding hydrogens is 353 g/mol. The van der Waals surface area contributed by atoms with Gasteiger partial charge in [-0.15, -0.1) is 0 Å². The van der Waals surface area contributed by atoms with Gasteiger partial charge in [0.25, 0.3) is 5.91 Å². The third-order valence-electron chi connectivity index (χ3n) is 2.51. The van der Waals surface area contributed by atoms with Crippen LogP contribution < -0.4 is 10.1 Å². The molecule has 0 spiro atoms. The molecule has 0 atom stereocenters. The van der Waals surface area contributed by atoms with Gasteiger partial charge in [-0.2, -0.15) is 0 Å². The highest BCUT2D eigenvalue weighted by atomic mass is 127. The van der Waals surface area contributed by atoms with Crippen LogP contribution in [0, 0.1) is 3.57 Å². The number of benzene rings is 2. The Kier molecular flexibility index (Phi) is 4.79. The summed E-state index contributed by atoms with van der Waals surface area (Å²) in [6, 6.07) is 14.8. The van der Waals surface area contributed by atoms with Gasteiger partial charge in [-0.25, -0.2) is 0 Å². The second kappa shape index (κ2) is 6.56. The molecule has 4 heteroatoms. The van der Waals surface area contributed by atoms with Crippen LogP contribution in [-0.4, -0.2) is 12.5 Å². The number of carbonyl (C=O) groups excluding carboxylic acids is 1. The standard InChI is InChI=1S/C15H14INO2/c1-2-19-14-8-6-11(7-9-14)15(18)17-13-5-3-4-12(16)10-13/h3-10H,2H2,1H3,(H,17,18). The average Bonchev–Trinajstić information content (AvgIpc) is 2.40. The van der Waals surface area contributed by atoms with Crippen molar-refractivity contribution < 1.29 is 9.53 Å². The number of anilines is 1. The van der Waals surface area contributed by atoms with Crippen LogP contribution in [0.25, 0.3) is 0 Å². The van der Waals surface area contributed by atoms with Gasteiger partial charge in [0, 0.05) is 14.8 Å². The van der Waals surface area contributed by atoms with E-state index in [0.29, 0.717) is 12.2 Å². The Morgan fingerprint density at radius 2 is 1.95 bits per heavy atom. The van der Waals surface area contributed by atoms with Gasteiger partial charge >= 0.3 is 0 Å². The zero-order valence-corrected chi connectivity index (χ0v) is 12.7. The predicted octanol–water partition coefficient (Wildman–Crippen LogP) is 3.94. The lowest BCUT2D eigenvalue weighted by Gasteiger charge is -2.07. The topological polar surface area (TPSA) is 38.3 Å². The van der Waals surface area contributed by atoms with E-state index < -0.39 is 0 Å². The summed E-state index contributed by atoms with van der Waals surface area (Å²) in [5, 5.41) is 2.87. The third kappa shape index (κ3) is 3.96. The van der Waals surface area contributed by atoms with E-state index in [-0.39, 0.29) is 5.91 Å². The van der Waals surface area contributed by atoms with Crippen LogP contribution >= 0.6 is 22.6 Å². The average molecular weight is 367 g/mol. The fraction of sp³-hybridized carbons (Fsp3) is 0.133. The molecule has 0 aromatic heterocycles. The summed E-state index contributed by atoms with van der Waals surface area (Å²) in [7, 11) is 0. The lowest BCUT2D eigenvalue weighted by atomic mass is 10.2. The molecule has 0 aliphatic rings. The molecule has 0 aliphatic carbocycles. The Bertz CT molecular complexity index is 567. The molecular formula is C15H14INO2. The van der Waals surface area contributed by atoms with Crippen molar-refractivity contribution in [2.45, 2.75) is 6.92 Å². The zero-order chi connectivity index (χ0) is 13.7. The van der Waals surface area contributed by atoms with Gasteiger partial charge in [0.1, 0.15) is 5.75 Å². The van der Waals surface area contributed by atoms with Crippen molar-refractivity contribution in [3.8, 4) is 5.75 Å². The van der Waals surface area contributed by atoms with E-state index in [4.69, 9.17) is 4.74 Å². The van der Waals surface area contributed by atoms with Gasteiger partial charge in [-0.3, -0.25) is 4.79 Å². The van der Waals surface area contributed by atoms with Crippen LogP contribution in [-0.2, 0) is 0 Å². The summed E-state index contributed by atoms with van der Waals surface area (Å²) < 4.78 is 6.43. The maximum Gasteiger partial charge on any atom is 0.255 e. The zero-order valence-electron chi connectivity index (χ0n) is 10.5. The quantitative estimate of drug-likeness (QED) is 0.832. The van der Waals surface area contributed by atoms with Gasteiger partial charge in [0.15, 0.2) is 0 Å². The molecule has 0 unspecified atom stereocenters. The maximum atomic E-state index is 12.0. The Balaban J connectivity index is 2.07. The van der Waals surface area contributed by atoms with E-state index in [2.05, 4.69) is 27.9 Å². The molecule has 0 heterocycles. The maximum absolute atomic E-state index is 12.0. The highest BCUT2D eigenvalue weighted by Crippen LogP contribution is 2.16. The first-order valence-electron chi connectivity index (χ1n) is 5.99. The number of hydrogen-bond donors (Lipinski definition) is 1. The van der Waals surface area contributed by atoms with Crippen molar-refractivity contribution in [2.24, 2.45) is 0 Å². The van der Waals surface area contributed by atoms with Crippen molar-refractivity contribution in [2.75, 3.05) is 11.9 Å². The Labute approximate surface area is 126 Å². The van der Waals surface area contributed by atoms with Crippen LogP contribution in [0.5, 0.6) is 5.75 Å². The van der Waals surface area contributed by atoms with Crippen LogP contribution in [0.15, 0.2) is 48.5 Å². The highest BCUT2D eigenvalue weighted by molar-refractivity contribution is 14.1. The van der Waals surface area contributed by atoms with E-state index >= 15 is 0 Å². The summed E-state index contributed by atoms with van der Waals surface area (Å²) in [4.78, 5) is 12.0. The van der Waals surface area contributed by atoms with Gasteiger partial charge in [-0.05, 0) is 72.0 Å². The molecule has 0 saturated carbocycles. The SMILES string of the molecule is CCOc1ccc(C(=O)Nc2cccc(I)c2)cc1. The van der Waals surface area contributed by atoms with Crippen LogP contribution in [0.3, 0.4) is 0 Å². The fourth-order valence-corrected chi connectivity index (χ4v) is 2.18. The molecule has 2 aromatic carbocycles. The molecule has 1 amide bonds. The summed E-state index contributed by atoms with van der Waals surface area (Å²) >= 11 is 2.21. The van der Waals surface area contributed by atoms with Crippen molar-refractivity contribution in [3.05, 3.63) is 57.7 Å². The van der Waals surface area contributed by atoms with Gasteiger partial charge < -0.3 is 10.1 Å². The molecule has 3 nitrogen and oxygen atoms in total. The van der Waals surface area contributed by atoms with Gasteiger partial charge in [0.05, 0.1) is 6.61 Å². The minimum absolute atomic E-state index is 0.120. The van der Waals surface area contributed by atoms with Gasteiger partial charge in [-0.1, -0.05) is 6.07 Å². The molecule has 19 heavy (non-hydrogen) atoms. The van der Waals surface area contributed by atoms with E-state index in [9.17, 15) is 4.79 Å². The van der Waals surface area contributed by atoms with E-state index in [1.807, 2.05) is 31.2 Å². The van der Waals surface area contributed by atoms with Crippen LogP contribution in [0.2, 0.25) is 0 Å². The largest absolute Gasteiger partial charge is 0.494 e. The summed E-state index contributed by atoms with van der Waals surface area (Å²) in [5.74, 6) is 0.651. The van der Waals surface area contributed by atoms with E-state index in [0.717, 1.165) is 15.0 Å². The Morgan fingerprint density at radius 3 is 2.58 bits per heavy atom. The number of amides is 1. The third-order valence-corrected chi connectivity index (χ3v) is 3.18. The Morgan fingerprint density at radius 1 is 1.21 bits per heavy atom. The Hall–Kier alpha value is -1.56. The summed E-state index contributed by atoms with van der Waals surface area (Å²) in [6.07, 6.45) is 0. The summed E-state index contributed by atoms with van der Waals surface area (Å²) in [5.41, 5.74) is 1.41. The number of carbonyl (C=O) groups is 1. The van der Waals surface area contributed by atoms with Crippen LogP contribution in [0.1, 0.15) is 17.3 Å². The monoisotopic (exact) mass is 367 g/mol. The fourth-order valence-electron chi connectivity index (χ4n) is 1.64. The first-order chi connectivity index (χ1) is 9.19. The lowest BCUT2D eigenvalue weighted by Crippen LogP contribution is -2.11. The number of halogens is 1. The normalized spacial score (nSPS) is 10.0. The molecule has 2 rings (SSSR count). The first kappa shape index (κ1) is 13.9. The van der Waals surface area contributed by atoms with Crippen molar-refractivity contribution in [3.63, 3.8) is 0 Å². The molecule has 0 saturated heterocycles. The van der Waals surface area contributed by atoms with E-state index in [1.165, 1.54) is 0 Å². The predicted molar refractivity (Wildman–Crippen MR) is 84.7 cm³/mol. The smallest absolute Gasteiger partial charge is 0.255 e. The number of rotatable bonds is 4. The van der Waals surface area contributed by atoms with Crippen LogP contribution in [0.4, 0.5) is 5.69 Å². The molecule has 0 aliphatic heterocycles. The molecule has 0 bridgehead atoms. The molecule has 0 fully saturated rings. The second-order valence-corrected chi connectivity index (χ2v) is 5.17. The van der Waals surface area contributed by atoms with Crippen molar-refractivity contribution in [1.29, 1.82) is 0 Å². The number of nitrogens with one attached hydrogen (secondary N) is 1. The second-order valence-electron chi connectivity index (χ2n) is 3.92. The number of hydrogen-bond acceptors (Lipinski definition) is 2. The van der Waals surface area contributed by atoms with Gasteiger partial charge in [0.2, 0.25) is 0 Å².